The lowest BCUT2D eigenvalue weighted by Gasteiger charge is -2.08. The van der Waals surface area contributed by atoms with E-state index in [9.17, 15) is 5.11 Å². The van der Waals surface area contributed by atoms with E-state index in [4.69, 9.17) is 0 Å². The first-order chi connectivity index (χ1) is 8.31. The van der Waals surface area contributed by atoms with Crippen molar-refractivity contribution in [3.63, 3.8) is 0 Å². The highest BCUT2D eigenvalue weighted by Gasteiger charge is 2.01. The van der Waals surface area contributed by atoms with Gasteiger partial charge in [-0.2, -0.15) is 0 Å². The highest BCUT2D eigenvalue weighted by Crippen LogP contribution is 2.13. The third-order valence-corrected chi connectivity index (χ3v) is 3.51. The average Bonchev–Trinajstić information content (AvgIpc) is 2.32. The SMILES string of the molecule is CCCCCCCCCCCC[C@@H](O)CCC. The van der Waals surface area contributed by atoms with Gasteiger partial charge in [0.25, 0.3) is 0 Å². The van der Waals surface area contributed by atoms with Gasteiger partial charge in [-0.05, 0) is 12.8 Å². The number of unbranched alkanes of at least 4 members (excludes halogenated alkanes) is 9. The van der Waals surface area contributed by atoms with E-state index in [1.165, 1.54) is 64.2 Å². The molecule has 0 aromatic heterocycles. The predicted molar refractivity (Wildman–Crippen MR) is 77.4 cm³/mol. The highest BCUT2D eigenvalue weighted by atomic mass is 16.3. The maximum absolute atomic E-state index is 9.57. The van der Waals surface area contributed by atoms with E-state index in [-0.39, 0.29) is 6.10 Å². The van der Waals surface area contributed by atoms with E-state index in [2.05, 4.69) is 13.8 Å². The maximum atomic E-state index is 9.57. The van der Waals surface area contributed by atoms with Crippen LogP contribution in [0.15, 0.2) is 0 Å². The smallest absolute Gasteiger partial charge is 0.0540 e. The predicted octanol–water partition coefficient (Wildman–Crippen LogP) is 5.46. The number of rotatable bonds is 13. The van der Waals surface area contributed by atoms with Gasteiger partial charge in [0.2, 0.25) is 0 Å². The number of hydrogen-bond donors (Lipinski definition) is 1. The van der Waals surface area contributed by atoms with E-state index in [0.717, 1.165) is 19.3 Å². The molecule has 0 aromatic rings. The van der Waals surface area contributed by atoms with Crippen molar-refractivity contribution >= 4 is 0 Å². The molecule has 1 atom stereocenters. The fourth-order valence-electron chi connectivity index (χ4n) is 2.34. The van der Waals surface area contributed by atoms with Crippen LogP contribution in [-0.4, -0.2) is 11.2 Å². The van der Waals surface area contributed by atoms with Crippen molar-refractivity contribution < 1.29 is 5.11 Å². The Balaban J connectivity index is 2.98. The van der Waals surface area contributed by atoms with Crippen LogP contribution in [0.1, 0.15) is 97.3 Å². The van der Waals surface area contributed by atoms with Gasteiger partial charge in [-0.3, -0.25) is 0 Å². The van der Waals surface area contributed by atoms with Crippen molar-refractivity contribution in [3.8, 4) is 0 Å². The third-order valence-electron chi connectivity index (χ3n) is 3.51. The Morgan fingerprint density at radius 3 is 1.53 bits per heavy atom. The molecule has 0 spiro atoms. The van der Waals surface area contributed by atoms with Crippen molar-refractivity contribution in [1.82, 2.24) is 0 Å². The second-order valence-corrected chi connectivity index (χ2v) is 5.41. The van der Waals surface area contributed by atoms with Crippen LogP contribution in [0.4, 0.5) is 0 Å². The van der Waals surface area contributed by atoms with Gasteiger partial charge in [-0.15, -0.1) is 0 Å². The molecule has 0 fully saturated rings. The number of aliphatic hydroxyl groups is 1. The highest BCUT2D eigenvalue weighted by molar-refractivity contribution is 4.55. The van der Waals surface area contributed by atoms with Crippen molar-refractivity contribution in [2.75, 3.05) is 0 Å². The Kier molecular flexibility index (Phi) is 14.0. The molecule has 0 saturated heterocycles. The zero-order chi connectivity index (χ0) is 12.8. The van der Waals surface area contributed by atoms with E-state index >= 15 is 0 Å². The zero-order valence-corrected chi connectivity index (χ0v) is 12.2. The molecule has 0 heterocycles. The Bertz CT molecular complexity index is 133. The first-order valence-corrected chi connectivity index (χ1v) is 7.99. The Labute approximate surface area is 109 Å². The minimum Gasteiger partial charge on any atom is -0.393 e. The Morgan fingerprint density at radius 1 is 0.588 bits per heavy atom. The largest absolute Gasteiger partial charge is 0.393 e. The molecule has 0 aromatic carbocycles. The molecule has 0 rings (SSSR count). The van der Waals surface area contributed by atoms with Gasteiger partial charge in [0.15, 0.2) is 0 Å². The summed E-state index contributed by atoms with van der Waals surface area (Å²) < 4.78 is 0. The number of hydrogen-bond acceptors (Lipinski definition) is 1. The molecular formula is C16H34O. The zero-order valence-electron chi connectivity index (χ0n) is 12.2. The first-order valence-electron chi connectivity index (χ1n) is 7.99. The summed E-state index contributed by atoms with van der Waals surface area (Å²) in [5.41, 5.74) is 0. The Morgan fingerprint density at radius 2 is 1.06 bits per heavy atom. The monoisotopic (exact) mass is 242 g/mol. The summed E-state index contributed by atoms with van der Waals surface area (Å²) in [6.45, 7) is 4.41. The van der Waals surface area contributed by atoms with Crippen molar-refractivity contribution in [1.29, 1.82) is 0 Å². The van der Waals surface area contributed by atoms with Gasteiger partial charge in [-0.25, -0.2) is 0 Å². The van der Waals surface area contributed by atoms with Gasteiger partial charge >= 0.3 is 0 Å². The topological polar surface area (TPSA) is 20.2 Å². The standard InChI is InChI=1S/C16H34O/c1-3-5-6-7-8-9-10-11-12-13-15-16(17)14-4-2/h16-17H,3-15H2,1-2H3/t16-/m0/s1. The molecule has 1 N–H and O–H groups in total. The molecule has 1 nitrogen and oxygen atoms in total. The lowest BCUT2D eigenvalue weighted by Crippen LogP contribution is -2.04. The fourth-order valence-corrected chi connectivity index (χ4v) is 2.34. The van der Waals surface area contributed by atoms with Crippen LogP contribution in [0, 0.1) is 0 Å². The van der Waals surface area contributed by atoms with Gasteiger partial charge in [-0.1, -0.05) is 84.5 Å². The third kappa shape index (κ3) is 13.9. The summed E-state index contributed by atoms with van der Waals surface area (Å²) in [5, 5.41) is 9.57. The van der Waals surface area contributed by atoms with Crippen LogP contribution in [0.25, 0.3) is 0 Å². The van der Waals surface area contributed by atoms with E-state index in [1.54, 1.807) is 0 Å². The molecule has 0 aliphatic rings. The molecule has 0 saturated carbocycles. The lowest BCUT2D eigenvalue weighted by atomic mass is 10.0. The van der Waals surface area contributed by atoms with Crippen molar-refractivity contribution in [2.24, 2.45) is 0 Å². The quantitative estimate of drug-likeness (QED) is 0.425. The van der Waals surface area contributed by atoms with Gasteiger partial charge in [0, 0.05) is 0 Å². The van der Waals surface area contributed by atoms with Crippen LogP contribution in [0.3, 0.4) is 0 Å². The molecule has 0 unspecified atom stereocenters. The molecule has 0 bridgehead atoms. The fraction of sp³-hybridized carbons (Fsp3) is 1.00. The van der Waals surface area contributed by atoms with Crippen LogP contribution < -0.4 is 0 Å². The second-order valence-electron chi connectivity index (χ2n) is 5.41. The van der Waals surface area contributed by atoms with Crippen LogP contribution in [0.2, 0.25) is 0 Å². The molecule has 17 heavy (non-hydrogen) atoms. The average molecular weight is 242 g/mol. The van der Waals surface area contributed by atoms with Gasteiger partial charge in [0.1, 0.15) is 0 Å². The molecule has 0 amide bonds. The molecule has 1 heteroatoms. The summed E-state index contributed by atoms with van der Waals surface area (Å²) in [7, 11) is 0. The molecule has 0 aliphatic heterocycles. The lowest BCUT2D eigenvalue weighted by molar-refractivity contribution is 0.150. The summed E-state index contributed by atoms with van der Waals surface area (Å²) in [6, 6.07) is 0. The minimum atomic E-state index is -0.0333. The molecular weight excluding hydrogens is 208 g/mol. The summed E-state index contributed by atoms with van der Waals surface area (Å²) in [4.78, 5) is 0. The van der Waals surface area contributed by atoms with Crippen molar-refractivity contribution in [2.45, 2.75) is 103 Å². The summed E-state index contributed by atoms with van der Waals surface area (Å²) in [6.07, 6.45) is 16.8. The van der Waals surface area contributed by atoms with Gasteiger partial charge in [0.05, 0.1) is 6.10 Å². The maximum Gasteiger partial charge on any atom is 0.0540 e. The van der Waals surface area contributed by atoms with E-state index in [0.29, 0.717) is 0 Å². The minimum absolute atomic E-state index is 0.0333. The second kappa shape index (κ2) is 14.0. The van der Waals surface area contributed by atoms with Crippen LogP contribution in [0.5, 0.6) is 0 Å². The normalized spacial score (nSPS) is 12.9. The first kappa shape index (κ1) is 17.0. The Hall–Kier alpha value is -0.0400. The molecule has 104 valence electrons. The van der Waals surface area contributed by atoms with E-state index < -0.39 is 0 Å². The molecule has 0 aliphatic carbocycles. The summed E-state index contributed by atoms with van der Waals surface area (Å²) in [5.74, 6) is 0. The van der Waals surface area contributed by atoms with Crippen LogP contribution in [-0.2, 0) is 0 Å². The molecule has 0 radical (unpaired) electrons. The van der Waals surface area contributed by atoms with Crippen LogP contribution >= 0.6 is 0 Å². The summed E-state index contributed by atoms with van der Waals surface area (Å²) >= 11 is 0. The number of aliphatic hydroxyl groups excluding tert-OH is 1. The van der Waals surface area contributed by atoms with Gasteiger partial charge < -0.3 is 5.11 Å². The van der Waals surface area contributed by atoms with E-state index in [1.807, 2.05) is 0 Å². The van der Waals surface area contributed by atoms with Crippen molar-refractivity contribution in [3.05, 3.63) is 0 Å².